The van der Waals surface area contributed by atoms with Crippen LogP contribution in [0, 0.1) is 11.6 Å². The number of hydrogen-bond donors (Lipinski definition) is 1. The van der Waals surface area contributed by atoms with E-state index < -0.39 is 11.6 Å². The van der Waals surface area contributed by atoms with Crippen LogP contribution < -0.4 is 10.1 Å². The van der Waals surface area contributed by atoms with Crippen molar-refractivity contribution in [2.75, 3.05) is 5.32 Å². The van der Waals surface area contributed by atoms with Crippen molar-refractivity contribution in [2.45, 2.75) is 6.61 Å². The average molecular weight is 346 g/mol. The molecule has 0 saturated carbocycles. The van der Waals surface area contributed by atoms with Gasteiger partial charge in [0.1, 0.15) is 12.4 Å². The number of nitrogens with one attached hydrogen (secondary N) is 1. The SMILES string of the molecule is O=C(Nc1nccs1)c1ccccc1COc1ccc(F)cc1F. The Bertz CT molecular complexity index is 854. The van der Waals surface area contributed by atoms with E-state index in [2.05, 4.69) is 10.3 Å². The lowest BCUT2D eigenvalue weighted by molar-refractivity contribution is 0.102. The Morgan fingerprint density at radius 1 is 1.21 bits per heavy atom. The number of ether oxygens (including phenoxy) is 1. The molecular weight excluding hydrogens is 334 g/mol. The van der Waals surface area contributed by atoms with Gasteiger partial charge in [-0.2, -0.15) is 0 Å². The van der Waals surface area contributed by atoms with E-state index in [4.69, 9.17) is 4.74 Å². The van der Waals surface area contributed by atoms with Crippen LogP contribution in [0.4, 0.5) is 13.9 Å². The summed E-state index contributed by atoms with van der Waals surface area (Å²) in [5.74, 6) is -1.88. The second kappa shape index (κ2) is 7.18. The summed E-state index contributed by atoms with van der Waals surface area (Å²) in [6, 6.07) is 9.89. The molecule has 0 aliphatic heterocycles. The Kier molecular flexibility index (Phi) is 4.81. The van der Waals surface area contributed by atoms with Crippen molar-refractivity contribution in [3.8, 4) is 5.75 Å². The lowest BCUT2D eigenvalue weighted by Gasteiger charge is -2.11. The zero-order chi connectivity index (χ0) is 16.9. The first-order valence-electron chi connectivity index (χ1n) is 7.00. The van der Waals surface area contributed by atoms with Gasteiger partial charge in [-0.1, -0.05) is 18.2 Å². The van der Waals surface area contributed by atoms with Gasteiger partial charge in [0.25, 0.3) is 5.91 Å². The molecule has 4 nitrogen and oxygen atoms in total. The molecule has 0 unspecified atom stereocenters. The van der Waals surface area contributed by atoms with Crippen LogP contribution in [0.3, 0.4) is 0 Å². The Morgan fingerprint density at radius 3 is 2.79 bits per heavy atom. The Morgan fingerprint density at radius 2 is 2.04 bits per heavy atom. The molecule has 3 aromatic rings. The largest absolute Gasteiger partial charge is 0.486 e. The molecule has 0 saturated heterocycles. The Hall–Kier alpha value is -2.80. The standard InChI is InChI=1S/C17H12F2N2O2S/c18-12-5-6-15(14(19)9-12)23-10-11-3-1-2-4-13(11)16(22)21-17-20-7-8-24-17/h1-9H,10H2,(H,20,21,22). The lowest BCUT2D eigenvalue weighted by Crippen LogP contribution is -2.15. The first-order chi connectivity index (χ1) is 11.6. The van der Waals surface area contributed by atoms with Crippen molar-refractivity contribution >= 4 is 22.4 Å². The highest BCUT2D eigenvalue weighted by Crippen LogP contribution is 2.21. The van der Waals surface area contributed by atoms with E-state index in [1.165, 1.54) is 17.4 Å². The van der Waals surface area contributed by atoms with Gasteiger partial charge < -0.3 is 4.74 Å². The third kappa shape index (κ3) is 3.75. The van der Waals surface area contributed by atoms with E-state index in [1.807, 2.05) is 0 Å². The third-order valence-corrected chi connectivity index (χ3v) is 3.88. The minimum atomic E-state index is -0.792. The van der Waals surface area contributed by atoms with Crippen LogP contribution in [0.5, 0.6) is 5.75 Å². The van der Waals surface area contributed by atoms with Crippen LogP contribution in [0.1, 0.15) is 15.9 Å². The monoisotopic (exact) mass is 346 g/mol. The zero-order valence-corrected chi connectivity index (χ0v) is 13.1. The van der Waals surface area contributed by atoms with Crippen LogP contribution in [-0.2, 0) is 6.61 Å². The van der Waals surface area contributed by atoms with Crippen LogP contribution in [0.2, 0.25) is 0 Å². The number of amides is 1. The molecule has 1 N–H and O–H groups in total. The number of anilines is 1. The molecule has 3 rings (SSSR count). The Labute approximate surface area is 140 Å². The predicted octanol–water partition coefficient (Wildman–Crippen LogP) is 4.25. The Balaban J connectivity index is 1.75. The fraction of sp³-hybridized carbons (Fsp3) is 0.0588. The molecular formula is C17H12F2N2O2S. The molecule has 1 aromatic heterocycles. The number of carbonyl (C=O) groups excluding carboxylic acids is 1. The average Bonchev–Trinajstić information content (AvgIpc) is 3.07. The molecule has 7 heteroatoms. The summed E-state index contributed by atoms with van der Waals surface area (Å²) in [7, 11) is 0. The van der Waals surface area contributed by atoms with Crippen LogP contribution in [0.25, 0.3) is 0 Å². The van der Waals surface area contributed by atoms with Crippen molar-refractivity contribution in [2.24, 2.45) is 0 Å². The minimum Gasteiger partial charge on any atom is -0.486 e. The highest BCUT2D eigenvalue weighted by molar-refractivity contribution is 7.13. The highest BCUT2D eigenvalue weighted by atomic mass is 32.1. The maximum absolute atomic E-state index is 13.6. The summed E-state index contributed by atoms with van der Waals surface area (Å²) in [5, 5.41) is 4.92. The van der Waals surface area contributed by atoms with E-state index in [1.54, 1.807) is 35.8 Å². The maximum atomic E-state index is 13.6. The molecule has 0 aliphatic carbocycles. The van der Waals surface area contributed by atoms with Crippen molar-refractivity contribution in [1.29, 1.82) is 0 Å². The van der Waals surface area contributed by atoms with Crippen LogP contribution in [0.15, 0.2) is 54.0 Å². The summed E-state index contributed by atoms with van der Waals surface area (Å²) in [6.07, 6.45) is 1.59. The fourth-order valence-corrected chi connectivity index (χ4v) is 2.59. The second-order valence-corrected chi connectivity index (χ2v) is 5.71. The third-order valence-electron chi connectivity index (χ3n) is 3.19. The molecule has 1 heterocycles. The molecule has 1 amide bonds. The first kappa shape index (κ1) is 16.1. The van der Waals surface area contributed by atoms with Crippen molar-refractivity contribution in [1.82, 2.24) is 4.98 Å². The van der Waals surface area contributed by atoms with Gasteiger partial charge in [-0.05, 0) is 18.2 Å². The minimum absolute atomic E-state index is 0.0238. The molecule has 0 bridgehead atoms. The molecule has 2 aromatic carbocycles. The highest BCUT2D eigenvalue weighted by Gasteiger charge is 2.13. The number of nitrogens with zero attached hydrogens (tertiary/aromatic N) is 1. The van der Waals surface area contributed by atoms with Gasteiger partial charge in [0.2, 0.25) is 0 Å². The number of carbonyl (C=O) groups is 1. The quantitative estimate of drug-likeness (QED) is 0.751. The lowest BCUT2D eigenvalue weighted by atomic mass is 10.1. The molecule has 0 spiro atoms. The topological polar surface area (TPSA) is 51.2 Å². The molecule has 24 heavy (non-hydrogen) atoms. The number of halogens is 2. The van der Waals surface area contributed by atoms with E-state index >= 15 is 0 Å². The molecule has 0 aliphatic rings. The molecule has 0 radical (unpaired) electrons. The van der Waals surface area contributed by atoms with Crippen molar-refractivity contribution in [3.05, 3.63) is 76.8 Å². The fourth-order valence-electron chi connectivity index (χ4n) is 2.07. The van der Waals surface area contributed by atoms with E-state index in [9.17, 15) is 13.6 Å². The number of thiazole rings is 1. The van der Waals surface area contributed by atoms with Crippen LogP contribution >= 0.6 is 11.3 Å². The van der Waals surface area contributed by atoms with Crippen LogP contribution in [-0.4, -0.2) is 10.9 Å². The summed E-state index contributed by atoms with van der Waals surface area (Å²) in [4.78, 5) is 16.3. The number of rotatable bonds is 5. The molecule has 0 atom stereocenters. The molecule has 122 valence electrons. The van der Waals surface area contributed by atoms with Crippen molar-refractivity contribution < 1.29 is 18.3 Å². The van der Waals surface area contributed by atoms with Gasteiger partial charge in [0.15, 0.2) is 16.7 Å². The van der Waals surface area contributed by atoms with Crippen molar-refractivity contribution in [3.63, 3.8) is 0 Å². The number of benzene rings is 2. The summed E-state index contributed by atoms with van der Waals surface area (Å²) in [5.41, 5.74) is 0.977. The van der Waals surface area contributed by atoms with Gasteiger partial charge in [0, 0.05) is 28.8 Å². The predicted molar refractivity (Wildman–Crippen MR) is 87.2 cm³/mol. The normalized spacial score (nSPS) is 10.4. The smallest absolute Gasteiger partial charge is 0.257 e. The van der Waals surface area contributed by atoms with E-state index in [-0.39, 0.29) is 18.3 Å². The van der Waals surface area contributed by atoms with Gasteiger partial charge in [0.05, 0.1) is 0 Å². The van der Waals surface area contributed by atoms with Gasteiger partial charge in [-0.15, -0.1) is 11.3 Å². The zero-order valence-electron chi connectivity index (χ0n) is 12.3. The summed E-state index contributed by atoms with van der Waals surface area (Å²) < 4.78 is 31.9. The maximum Gasteiger partial charge on any atom is 0.257 e. The van der Waals surface area contributed by atoms with Gasteiger partial charge in [-0.25, -0.2) is 13.8 Å². The first-order valence-corrected chi connectivity index (χ1v) is 7.88. The van der Waals surface area contributed by atoms with E-state index in [0.717, 1.165) is 12.1 Å². The number of aromatic nitrogens is 1. The number of hydrogen-bond acceptors (Lipinski definition) is 4. The van der Waals surface area contributed by atoms with Gasteiger partial charge in [-0.3, -0.25) is 10.1 Å². The summed E-state index contributed by atoms with van der Waals surface area (Å²) >= 11 is 1.31. The van der Waals surface area contributed by atoms with Gasteiger partial charge >= 0.3 is 0 Å². The van der Waals surface area contributed by atoms with E-state index in [0.29, 0.717) is 16.3 Å². The molecule has 0 fully saturated rings. The summed E-state index contributed by atoms with van der Waals surface area (Å²) in [6.45, 7) is -0.0238. The second-order valence-electron chi connectivity index (χ2n) is 4.81.